The summed E-state index contributed by atoms with van der Waals surface area (Å²) in [6, 6.07) is 17.6. The van der Waals surface area contributed by atoms with Crippen LogP contribution in [0.2, 0.25) is 0 Å². The third-order valence-electron chi connectivity index (χ3n) is 8.81. The maximum atomic E-state index is 6.19. The van der Waals surface area contributed by atoms with Gasteiger partial charge < -0.3 is 18.9 Å². The first-order valence-corrected chi connectivity index (χ1v) is 16.9. The Morgan fingerprint density at radius 2 is 0.780 bits per heavy atom. The van der Waals surface area contributed by atoms with Gasteiger partial charge in [-0.05, 0) is 36.8 Å². The number of unbranched alkanes of at least 4 members (excludes halogenated alkanes) is 12. The standard InChI is InChI=1S/C37H56O4/c1-3-5-7-9-11-13-15-17-31-19-23-33(24-20-31)35-38-27-37(28-39-35)29-40-36(41-30-37)34-25-21-32(22-26-34)18-16-14-12-10-8-6-4-2/h19-26,35-36H,3-18,27-30H2,1-2H3. The lowest BCUT2D eigenvalue weighted by Gasteiger charge is -2.43. The zero-order valence-corrected chi connectivity index (χ0v) is 26.0. The molecule has 228 valence electrons. The second-order valence-corrected chi connectivity index (χ2v) is 12.6. The molecule has 0 amide bonds. The van der Waals surface area contributed by atoms with Crippen LogP contribution < -0.4 is 0 Å². The number of hydrogen-bond acceptors (Lipinski definition) is 4. The highest BCUT2D eigenvalue weighted by Gasteiger charge is 2.42. The van der Waals surface area contributed by atoms with Crippen LogP contribution in [0.5, 0.6) is 0 Å². The highest BCUT2D eigenvalue weighted by Crippen LogP contribution is 2.38. The van der Waals surface area contributed by atoms with Crippen molar-refractivity contribution < 1.29 is 18.9 Å². The Morgan fingerprint density at radius 1 is 0.463 bits per heavy atom. The number of benzene rings is 2. The summed E-state index contributed by atoms with van der Waals surface area (Å²) >= 11 is 0. The fourth-order valence-electron chi connectivity index (χ4n) is 6.00. The molecule has 0 aromatic heterocycles. The Kier molecular flexibility index (Phi) is 14.2. The van der Waals surface area contributed by atoms with E-state index in [4.69, 9.17) is 18.9 Å². The van der Waals surface area contributed by atoms with Gasteiger partial charge in [-0.3, -0.25) is 0 Å². The normalized spacial score (nSPS) is 22.8. The van der Waals surface area contributed by atoms with E-state index in [9.17, 15) is 0 Å². The van der Waals surface area contributed by atoms with Crippen LogP contribution in [0.25, 0.3) is 0 Å². The summed E-state index contributed by atoms with van der Waals surface area (Å²) in [5, 5.41) is 0. The fraction of sp³-hybridized carbons (Fsp3) is 0.676. The summed E-state index contributed by atoms with van der Waals surface area (Å²) in [5.41, 5.74) is 4.76. The van der Waals surface area contributed by atoms with E-state index >= 15 is 0 Å². The van der Waals surface area contributed by atoms with Gasteiger partial charge in [0.1, 0.15) is 0 Å². The summed E-state index contributed by atoms with van der Waals surface area (Å²) in [7, 11) is 0. The molecule has 0 saturated carbocycles. The van der Waals surface area contributed by atoms with Crippen LogP contribution >= 0.6 is 0 Å². The van der Waals surface area contributed by atoms with Crippen molar-refractivity contribution in [3.63, 3.8) is 0 Å². The number of hydrogen-bond donors (Lipinski definition) is 0. The molecule has 41 heavy (non-hydrogen) atoms. The van der Waals surface area contributed by atoms with E-state index in [1.807, 2.05) is 0 Å². The molecule has 2 aliphatic rings. The van der Waals surface area contributed by atoms with E-state index in [1.165, 1.54) is 101 Å². The third-order valence-corrected chi connectivity index (χ3v) is 8.81. The van der Waals surface area contributed by atoms with Crippen molar-refractivity contribution in [1.29, 1.82) is 0 Å². The van der Waals surface area contributed by atoms with E-state index in [0.717, 1.165) is 24.0 Å². The number of ether oxygens (including phenoxy) is 4. The second kappa shape index (κ2) is 18.1. The average molecular weight is 565 g/mol. The van der Waals surface area contributed by atoms with Gasteiger partial charge in [0.25, 0.3) is 0 Å². The van der Waals surface area contributed by atoms with Gasteiger partial charge in [-0.25, -0.2) is 0 Å². The first kappa shape index (κ1) is 32.2. The lowest BCUT2D eigenvalue weighted by atomic mass is 9.90. The SMILES string of the molecule is CCCCCCCCCc1ccc(C2OCC3(CO2)COC(c2ccc(CCCCCCCCC)cc2)OC3)cc1. The molecule has 2 saturated heterocycles. The molecule has 1 spiro atoms. The molecule has 0 bridgehead atoms. The first-order valence-electron chi connectivity index (χ1n) is 16.9. The highest BCUT2D eigenvalue weighted by molar-refractivity contribution is 5.25. The molecule has 0 radical (unpaired) electrons. The van der Waals surface area contributed by atoms with Gasteiger partial charge in [0, 0.05) is 11.1 Å². The van der Waals surface area contributed by atoms with Crippen molar-refractivity contribution in [2.75, 3.05) is 26.4 Å². The average Bonchev–Trinajstić information content (AvgIpc) is 3.02. The largest absolute Gasteiger partial charge is 0.348 e. The van der Waals surface area contributed by atoms with Crippen molar-refractivity contribution in [3.05, 3.63) is 70.8 Å². The van der Waals surface area contributed by atoms with Gasteiger partial charge in [0.2, 0.25) is 0 Å². The Hall–Kier alpha value is -1.72. The van der Waals surface area contributed by atoms with Gasteiger partial charge in [0.15, 0.2) is 12.6 Å². The topological polar surface area (TPSA) is 36.9 Å². The Labute approximate surface area is 250 Å². The lowest BCUT2D eigenvalue weighted by molar-refractivity contribution is -0.307. The molecular formula is C37H56O4. The molecule has 0 N–H and O–H groups in total. The molecule has 2 aromatic carbocycles. The molecule has 0 atom stereocenters. The van der Waals surface area contributed by atoms with Gasteiger partial charge in [0.05, 0.1) is 31.8 Å². The summed E-state index contributed by atoms with van der Waals surface area (Å²) in [6.07, 6.45) is 20.6. The van der Waals surface area contributed by atoms with E-state index < -0.39 is 0 Å². The van der Waals surface area contributed by atoms with Crippen molar-refractivity contribution in [2.24, 2.45) is 5.41 Å². The van der Waals surface area contributed by atoms with E-state index in [-0.39, 0.29) is 18.0 Å². The molecule has 0 aliphatic carbocycles. The number of rotatable bonds is 18. The minimum Gasteiger partial charge on any atom is -0.348 e. The van der Waals surface area contributed by atoms with Crippen molar-refractivity contribution in [2.45, 2.75) is 129 Å². The predicted octanol–water partition coefficient (Wildman–Crippen LogP) is 10.1. The molecule has 4 heteroatoms. The third kappa shape index (κ3) is 10.8. The van der Waals surface area contributed by atoms with E-state index in [2.05, 4.69) is 62.4 Å². The van der Waals surface area contributed by atoms with E-state index in [0.29, 0.717) is 26.4 Å². The molecule has 2 aliphatic heterocycles. The minimum absolute atomic E-state index is 0.235. The summed E-state index contributed by atoms with van der Waals surface area (Å²) < 4.78 is 24.8. The van der Waals surface area contributed by atoms with Crippen molar-refractivity contribution in [1.82, 2.24) is 0 Å². The lowest BCUT2D eigenvalue weighted by Crippen LogP contribution is -2.49. The Bertz CT molecular complexity index is 855. The van der Waals surface area contributed by atoms with Crippen LogP contribution in [0.3, 0.4) is 0 Å². The molecular weight excluding hydrogens is 508 g/mol. The van der Waals surface area contributed by atoms with Crippen molar-refractivity contribution >= 4 is 0 Å². The zero-order chi connectivity index (χ0) is 28.6. The summed E-state index contributed by atoms with van der Waals surface area (Å²) in [6.45, 7) is 6.89. The van der Waals surface area contributed by atoms with Crippen LogP contribution in [0.15, 0.2) is 48.5 Å². The molecule has 2 heterocycles. The quantitative estimate of drug-likeness (QED) is 0.169. The molecule has 0 unspecified atom stereocenters. The van der Waals surface area contributed by atoms with Gasteiger partial charge in [-0.15, -0.1) is 0 Å². The van der Waals surface area contributed by atoms with Gasteiger partial charge >= 0.3 is 0 Å². The van der Waals surface area contributed by atoms with Crippen LogP contribution in [0.4, 0.5) is 0 Å². The maximum Gasteiger partial charge on any atom is 0.183 e. The maximum absolute atomic E-state index is 6.19. The van der Waals surface area contributed by atoms with Crippen LogP contribution in [-0.4, -0.2) is 26.4 Å². The Balaban J connectivity index is 1.12. The minimum atomic E-state index is -0.310. The van der Waals surface area contributed by atoms with Gasteiger partial charge in [-0.1, -0.05) is 139 Å². The summed E-state index contributed by atoms with van der Waals surface area (Å²) in [4.78, 5) is 0. The Morgan fingerprint density at radius 3 is 1.12 bits per heavy atom. The van der Waals surface area contributed by atoms with Crippen LogP contribution in [0.1, 0.15) is 139 Å². The van der Waals surface area contributed by atoms with Crippen LogP contribution in [-0.2, 0) is 31.8 Å². The second-order valence-electron chi connectivity index (χ2n) is 12.6. The first-order chi connectivity index (χ1) is 20.2. The molecule has 4 rings (SSSR count). The molecule has 2 fully saturated rings. The summed E-state index contributed by atoms with van der Waals surface area (Å²) in [5.74, 6) is 0. The van der Waals surface area contributed by atoms with Crippen LogP contribution in [0, 0.1) is 5.41 Å². The molecule has 4 nitrogen and oxygen atoms in total. The van der Waals surface area contributed by atoms with Crippen molar-refractivity contribution in [3.8, 4) is 0 Å². The highest BCUT2D eigenvalue weighted by atomic mass is 16.7. The number of aryl methyl sites for hydroxylation is 2. The zero-order valence-electron chi connectivity index (χ0n) is 26.0. The van der Waals surface area contributed by atoms with E-state index in [1.54, 1.807) is 0 Å². The fourth-order valence-corrected chi connectivity index (χ4v) is 6.00. The smallest absolute Gasteiger partial charge is 0.183 e. The molecule has 2 aromatic rings. The monoisotopic (exact) mass is 564 g/mol. The van der Waals surface area contributed by atoms with Gasteiger partial charge in [-0.2, -0.15) is 0 Å². The predicted molar refractivity (Wildman–Crippen MR) is 168 cm³/mol.